The molecule has 0 aliphatic carbocycles. The minimum absolute atomic E-state index is 0.215. The van der Waals surface area contributed by atoms with E-state index in [0.717, 1.165) is 10.9 Å². The van der Waals surface area contributed by atoms with Gasteiger partial charge in [0.15, 0.2) is 0 Å². The number of benzene rings is 1. The van der Waals surface area contributed by atoms with Crippen molar-refractivity contribution in [2.45, 2.75) is 19.4 Å². The summed E-state index contributed by atoms with van der Waals surface area (Å²) in [5, 5.41) is 3.56. The Hall–Kier alpha value is -2.80. The van der Waals surface area contributed by atoms with E-state index in [1.54, 1.807) is 12.3 Å². The van der Waals surface area contributed by atoms with Crippen molar-refractivity contribution in [2.75, 3.05) is 25.0 Å². The molecule has 1 aliphatic heterocycles. The molecular formula is C18H20N4O3. The predicted octanol–water partition coefficient (Wildman–Crippen LogP) is 1.76. The molecule has 130 valence electrons. The van der Waals surface area contributed by atoms with Crippen molar-refractivity contribution in [3.05, 3.63) is 42.6 Å². The summed E-state index contributed by atoms with van der Waals surface area (Å²) in [6, 6.07) is 7.56. The molecule has 2 aromatic rings. The summed E-state index contributed by atoms with van der Waals surface area (Å²) < 4.78 is 5.06. The van der Waals surface area contributed by atoms with E-state index in [0.29, 0.717) is 13.2 Å². The highest BCUT2D eigenvalue weighted by Gasteiger charge is 2.33. The van der Waals surface area contributed by atoms with E-state index in [2.05, 4.69) is 15.3 Å². The molecule has 0 radical (unpaired) electrons. The maximum atomic E-state index is 12.0. The zero-order valence-corrected chi connectivity index (χ0v) is 14.2. The number of anilines is 1. The van der Waals surface area contributed by atoms with Crippen LogP contribution in [0.15, 0.2) is 42.6 Å². The lowest BCUT2D eigenvalue weighted by Gasteiger charge is -2.40. The van der Waals surface area contributed by atoms with Crippen molar-refractivity contribution in [3.8, 4) is 0 Å². The van der Waals surface area contributed by atoms with E-state index in [-0.39, 0.29) is 29.9 Å². The molecule has 1 N–H and O–H groups in total. The molecule has 1 amide bonds. The number of amides is 1. The fraction of sp³-hybridized carbons (Fsp3) is 0.333. The fourth-order valence-electron chi connectivity index (χ4n) is 2.55. The molecule has 1 aromatic heterocycles. The highest BCUT2D eigenvalue weighted by atomic mass is 16.5. The molecule has 3 rings (SSSR count). The van der Waals surface area contributed by atoms with E-state index in [4.69, 9.17) is 4.74 Å². The Morgan fingerprint density at radius 1 is 1.40 bits per heavy atom. The van der Waals surface area contributed by atoms with Crippen molar-refractivity contribution in [2.24, 2.45) is 0 Å². The van der Waals surface area contributed by atoms with E-state index in [9.17, 15) is 9.59 Å². The molecular weight excluding hydrogens is 320 g/mol. The number of nitrogens with zero attached hydrogens (tertiary/aromatic N) is 3. The zero-order chi connectivity index (χ0) is 17.9. The zero-order valence-electron chi connectivity index (χ0n) is 14.2. The van der Waals surface area contributed by atoms with E-state index in [1.165, 1.54) is 6.08 Å². The first-order chi connectivity index (χ1) is 11.9. The fourth-order valence-corrected chi connectivity index (χ4v) is 2.55. The number of fused-ring (bicyclic) bond motifs is 1. The normalized spacial score (nSPS) is 17.6. The number of carbonyl (C=O) groups is 2. The number of esters is 1. The molecule has 7 nitrogen and oxygen atoms in total. The summed E-state index contributed by atoms with van der Waals surface area (Å²) in [6.45, 7) is 5.03. The molecule has 0 saturated carbocycles. The van der Waals surface area contributed by atoms with Crippen LogP contribution in [0.25, 0.3) is 10.9 Å². The van der Waals surface area contributed by atoms with Gasteiger partial charge in [-0.15, -0.1) is 0 Å². The lowest BCUT2D eigenvalue weighted by molar-refractivity contribution is -0.159. The summed E-state index contributed by atoms with van der Waals surface area (Å²) in [4.78, 5) is 33.8. The molecule has 1 saturated heterocycles. The summed E-state index contributed by atoms with van der Waals surface area (Å²) in [7, 11) is 0. The van der Waals surface area contributed by atoms with Crippen LogP contribution in [0.3, 0.4) is 0 Å². The highest BCUT2D eigenvalue weighted by Crippen LogP contribution is 2.19. The number of para-hydroxylation sites is 1. The van der Waals surface area contributed by atoms with E-state index in [1.807, 2.05) is 43.0 Å². The molecule has 0 atom stereocenters. The molecule has 7 heteroatoms. The Morgan fingerprint density at radius 3 is 3.04 bits per heavy atom. The first-order valence-corrected chi connectivity index (χ1v) is 8.04. The van der Waals surface area contributed by atoms with Crippen molar-refractivity contribution in [1.29, 1.82) is 0 Å². The summed E-state index contributed by atoms with van der Waals surface area (Å²) in [6.07, 6.45) is 4.81. The molecule has 1 fully saturated rings. The number of rotatable bonds is 4. The van der Waals surface area contributed by atoms with Crippen LogP contribution in [0, 0.1) is 0 Å². The molecule has 1 aromatic carbocycles. The predicted molar refractivity (Wildman–Crippen MR) is 93.9 cm³/mol. The number of hydrogen-bond acceptors (Lipinski definition) is 6. The SMILES string of the molecule is CC1(C)COC(=O)CN1C/C=C/C(=O)Nc1ncc2ccccc2n1. The molecule has 1 aliphatic rings. The smallest absolute Gasteiger partial charge is 0.320 e. The van der Waals surface area contributed by atoms with Crippen molar-refractivity contribution < 1.29 is 14.3 Å². The van der Waals surface area contributed by atoms with Crippen molar-refractivity contribution in [3.63, 3.8) is 0 Å². The van der Waals surface area contributed by atoms with Gasteiger partial charge in [-0.25, -0.2) is 9.97 Å². The number of cyclic esters (lactones) is 1. The third kappa shape index (κ3) is 4.19. The molecule has 0 bridgehead atoms. The maximum absolute atomic E-state index is 12.0. The summed E-state index contributed by atoms with van der Waals surface area (Å²) in [5.74, 6) is -0.301. The van der Waals surface area contributed by atoms with Gasteiger partial charge in [-0.05, 0) is 19.9 Å². The van der Waals surface area contributed by atoms with Crippen LogP contribution in [0.2, 0.25) is 0 Å². The van der Waals surface area contributed by atoms with Crippen molar-refractivity contribution >= 4 is 28.7 Å². The van der Waals surface area contributed by atoms with Gasteiger partial charge in [0.25, 0.3) is 0 Å². The van der Waals surface area contributed by atoms with E-state index < -0.39 is 0 Å². The Kier molecular flexibility index (Phi) is 4.76. The minimum atomic E-state index is -0.312. The van der Waals surface area contributed by atoms with Crippen LogP contribution in [-0.4, -0.2) is 52.0 Å². The molecule has 25 heavy (non-hydrogen) atoms. The van der Waals surface area contributed by atoms with Gasteiger partial charge in [-0.3, -0.25) is 19.8 Å². The van der Waals surface area contributed by atoms with E-state index >= 15 is 0 Å². The van der Waals surface area contributed by atoms with Crippen LogP contribution in [0.5, 0.6) is 0 Å². The van der Waals surface area contributed by atoms with Gasteiger partial charge in [-0.2, -0.15) is 0 Å². The van der Waals surface area contributed by atoms with Gasteiger partial charge in [0.05, 0.1) is 17.6 Å². The Morgan fingerprint density at radius 2 is 2.20 bits per heavy atom. The van der Waals surface area contributed by atoms with Crippen LogP contribution in [-0.2, 0) is 14.3 Å². The summed E-state index contributed by atoms with van der Waals surface area (Å²) >= 11 is 0. The summed E-state index contributed by atoms with van der Waals surface area (Å²) in [5.41, 5.74) is 0.515. The minimum Gasteiger partial charge on any atom is -0.463 e. The maximum Gasteiger partial charge on any atom is 0.320 e. The second kappa shape index (κ2) is 6.98. The van der Waals surface area contributed by atoms with Crippen molar-refractivity contribution in [1.82, 2.24) is 14.9 Å². The third-order valence-corrected chi connectivity index (χ3v) is 4.08. The number of aromatic nitrogens is 2. The average Bonchev–Trinajstić information content (AvgIpc) is 2.58. The van der Waals surface area contributed by atoms with Gasteiger partial charge in [0, 0.05) is 24.2 Å². The average molecular weight is 340 g/mol. The Labute approximate surface area is 145 Å². The van der Waals surface area contributed by atoms with Gasteiger partial charge >= 0.3 is 5.97 Å². The molecule has 2 heterocycles. The van der Waals surface area contributed by atoms with Gasteiger partial charge in [-0.1, -0.05) is 24.3 Å². The number of hydrogen-bond donors (Lipinski definition) is 1. The van der Waals surface area contributed by atoms with Gasteiger partial charge < -0.3 is 4.74 Å². The molecule has 0 unspecified atom stereocenters. The standard InChI is InChI=1S/C18H20N4O3/c1-18(2)12-25-16(24)11-22(18)9-5-8-15(23)21-17-19-10-13-6-3-4-7-14(13)20-17/h3-8,10H,9,11-12H2,1-2H3,(H,19,20,21,23)/b8-5+. The number of nitrogens with one attached hydrogen (secondary N) is 1. The molecule has 0 spiro atoms. The topological polar surface area (TPSA) is 84.4 Å². The number of ether oxygens (including phenoxy) is 1. The van der Waals surface area contributed by atoms with Crippen LogP contribution < -0.4 is 5.32 Å². The highest BCUT2D eigenvalue weighted by molar-refractivity contribution is 5.98. The Bertz CT molecular complexity index is 832. The van der Waals surface area contributed by atoms with Gasteiger partial charge in [0.1, 0.15) is 6.61 Å². The number of morpholine rings is 1. The Balaban J connectivity index is 1.59. The first-order valence-electron chi connectivity index (χ1n) is 8.04. The van der Waals surface area contributed by atoms with Crippen LogP contribution >= 0.6 is 0 Å². The first kappa shape index (κ1) is 17.0. The van der Waals surface area contributed by atoms with Crippen LogP contribution in [0.4, 0.5) is 5.95 Å². The quantitative estimate of drug-likeness (QED) is 0.674. The second-order valence-corrected chi connectivity index (χ2v) is 6.50. The monoisotopic (exact) mass is 340 g/mol. The second-order valence-electron chi connectivity index (χ2n) is 6.50. The number of carbonyl (C=O) groups excluding carboxylic acids is 2. The van der Waals surface area contributed by atoms with Crippen LogP contribution in [0.1, 0.15) is 13.8 Å². The third-order valence-electron chi connectivity index (χ3n) is 4.08. The lowest BCUT2D eigenvalue weighted by Crippen LogP contribution is -2.54. The largest absolute Gasteiger partial charge is 0.463 e. The lowest BCUT2D eigenvalue weighted by atomic mass is 10.0. The van der Waals surface area contributed by atoms with Gasteiger partial charge in [0.2, 0.25) is 11.9 Å².